The number of hydrogen-bond donors (Lipinski definition) is 1. The largest absolute Gasteiger partial charge is 0.368 e. The van der Waals surface area contributed by atoms with Crippen LogP contribution in [0.4, 0.5) is 11.5 Å². The van der Waals surface area contributed by atoms with Crippen molar-refractivity contribution in [2.24, 2.45) is 0 Å². The zero-order chi connectivity index (χ0) is 20.6. The zero-order valence-electron chi connectivity index (χ0n) is 15.9. The number of piperazine rings is 1. The van der Waals surface area contributed by atoms with Crippen molar-refractivity contribution >= 4 is 44.5 Å². The maximum atomic E-state index is 12.3. The quantitative estimate of drug-likeness (QED) is 0.625. The molecule has 1 N–H and O–H groups in total. The minimum atomic E-state index is -3.52. The zero-order valence-corrected chi connectivity index (χ0v) is 18.2. The Balaban J connectivity index is 1.72. The number of nitrogens with one attached hydrogen (secondary N) is 1. The topological polar surface area (TPSA) is 56.4 Å². The number of anilines is 2. The molecule has 0 aliphatic carbocycles. The highest BCUT2D eigenvalue weighted by molar-refractivity contribution is 7.90. The fourth-order valence-corrected chi connectivity index (χ4v) is 5.27. The van der Waals surface area contributed by atoms with Crippen LogP contribution in [0.15, 0.2) is 59.6 Å². The molecule has 0 saturated carbocycles. The number of halogens is 2. The average Bonchev–Trinajstić information content (AvgIpc) is 3.07. The molecule has 1 aliphatic rings. The molecular weight excluding hydrogens is 429 g/mol. The normalized spacial score (nSPS) is 15.0. The number of aromatic amines is 1. The third-order valence-corrected chi connectivity index (χ3v) is 6.99. The molecule has 1 aromatic heterocycles. The number of nitrogens with zero attached hydrogens (tertiary/aromatic N) is 2. The summed E-state index contributed by atoms with van der Waals surface area (Å²) < 4.78 is 24.6. The van der Waals surface area contributed by atoms with Crippen LogP contribution in [0.2, 0.25) is 10.0 Å². The summed E-state index contributed by atoms with van der Waals surface area (Å²) >= 11 is 13.0. The van der Waals surface area contributed by atoms with E-state index in [0.29, 0.717) is 22.0 Å². The van der Waals surface area contributed by atoms with Gasteiger partial charge in [0.1, 0.15) is 5.82 Å². The molecule has 0 radical (unpaired) electrons. The van der Waals surface area contributed by atoms with Crippen LogP contribution in [0, 0.1) is 0 Å². The summed E-state index contributed by atoms with van der Waals surface area (Å²) in [7, 11) is -3.52. The fraction of sp³-hybridized carbons (Fsp3) is 0.238. The average molecular weight is 450 g/mol. The molecule has 0 amide bonds. The molecule has 0 unspecified atom stereocenters. The Labute approximate surface area is 180 Å². The van der Waals surface area contributed by atoms with E-state index in [4.69, 9.17) is 23.2 Å². The van der Waals surface area contributed by atoms with Gasteiger partial charge in [-0.05, 0) is 18.2 Å². The van der Waals surface area contributed by atoms with Crippen molar-refractivity contribution in [3.8, 4) is 11.1 Å². The Kier molecular flexibility index (Phi) is 5.51. The van der Waals surface area contributed by atoms with E-state index >= 15 is 0 Å². The Morgan fingerprint density at radius 3 is 2.07 bits per heavy atom. The molecule has 2 heterocycles. The van der Waals surface area contributed by atoms with Gasteiger partial charge in [0.2, 0.25) is 0 Å². The van der Waals surface area contributed by atoms with E-state index in [-0.39, 0.29) is 10.0 Å². The van der Waals surface area contributed by atoms with Crippen LogP contribution in [0.25, 0.3) is 11.1 Å². The second-order valence-corrected chi connectivity index (χ2v) is 9.79. The number of benzene rings is 2. The Hall–Kier alpha value is -2.15. The van der Waals surface area contributed by atoms with E-state index < -0.39 is 9.84 Å². The SMILES string of the molecule is CS(=O)(=O)c1[nH]c(N2CCN(c3ccccc3)CC2)c(-c2ccccc2Cl)c1Cl. The molecule has 3 aromatic rings. The molecule has 5 nitrogen and oxygen atoms in total. The third-order valence-electron chi connectivity index (χ3n) is 5.12. The highest BCUT2D eigenvalue weighted by atomic mass is 35.5. The van der Waals surface area contributed by atoms with Gasteiger partial charge in [-0.3, -0.25) is 0 Å². The van der Waals surface area contributed by atoms with Crippen molar-refractivity contribution in [3.05, 3.63) is 64.6 Å². The molecule has 1 fully saturated rings. The van der Waals surface area contributed by atoms with E-state index in [0.717, 1.165) is 32.4 Å². The van der Waals surface area contributed by atoms with Crippen molar-refractivity contribution in [1.82, 2.24) is 4.98 Å². The second-order valence-electron chi connectivity index (χ2n) is 7.05. The van der Waals surface area contributed by atoms with Crippen LogP contribution in [-0.2, 0) is 9.84 Å². The molecule has 1 aliphatic heterocycles. The maximum absolute atomic E-state index is 12.3. The molecule has 0 spiro atoms. The first-order chi connectivity index (χ1) is 13.9. The van der Waals surface area contributed by atoms with Gasteiger partial charge in [0.05, 0.1) is 5.02 Å². The van der Waals surface area contributed by atoms with Crippen LogP contribution in [-0.4, -0.2) is 45.8 Å². The summed E-state index contributed by atoms with van der Waals surface area (Å²) in [5.41, 5.74) is 2.52. The predicted octanol–water partition coefficient (Wildman–Crippen LogP) is 4.72. The molecule has 0 bridgehead atoms. The molecule has 2 aromatic carbocycles. The van der Waals surface area contributed by atoms with Gasteiger partial charge in [-0.25, -0.2) is 8.42 Å². The summed E-state index contributed by atoms with van der Waals surface area (Å²) in [4.78, 5) is 7.52. The smallest absolute Gasteiger partial charge is 0.192 e. The molecule has 4 rings (SSSR count). The van der Waals surface area contributed by atoms with Gasteiger partial charge in [0.25, 0.3) is 0 Å². The van der Waals surface area contributed by atoms with E-state index in [9.17, 15) is 8.42 Å². The Morgan fingerprint density at radius 1 is 0.862 bits per heavy atom. The van der Waals surface area contributed by atoms with Gasteiger partial charge < -0.3 is 14.8 Å². The van der Waals surface area contributed by atoms with Gasteiger partial charge in [0.15, 0.2) is 14.9 Å². The van der Waals surface area contributed by atoms with Crippen molar-refractivity contribution < 1.29 is 8.42 Å². The summed E-state index contributed by atoms with van der Waals surface area (Å²) in [5, 5.41) is 0.730. The fourth-order valence-electron chi connectivity index (χ4n) is 3.67. The summed E-state index contributed by atoms with van der Waals surface area (Å²) in [6, 6.07) is 17.6. The minimum absolute atomic E-state index is 0.0228. The molecule has 0 atom stereocenters. The first kappa shape index (κ1) is 20.1. The number of H-pyrrole nitrogens is 1. The van der Waals surface area contributed by atoms with Crippen molar-refractivity contribution in [3.63, 3.8) is 0 Å². The standard InChI is InChI=1S/C21H21Cl2N3O2S/c1-29(27,28)21-19(23)18(16-9-5-6-10-17(16)22)20(24-21)26-13-11-25(12-14-26)15-7-3-2-4-8-15/h2-10,24H,11-14H2,1H3. The Morgan fingerprint density at radius 2 is 1.45 bits per heavy atom. The predicted molar refractivity (Wildman–Crippen MR) is 120 cm³/mol. The lowest BCUT2D eigenvalue weighted by molar-refractivity contribution is 0.598. The van der Waals surface area contributed by atoms with Crippen LogP contribution in [0.5, 0.6) is 0 Å². The molecule has 8 heteroatoms. The third kappa shape index (κ3) is 3.97. The van der Waals surface area contributed by atoms with Crippen LogP contribution in [0.1, 0.15) is 0 Å². The Bertz CT molecular complexity index is 1120. The first-order valence-electron chi connectivity index (χ1n) is 9.27. The number of sulfone groups is 1. The van der Waals surface area contributed by atoms with Gasteiger partial charge >= 0.3 is 0 Å². The van der Waals surface area contributed by atoms with Gasteiger partial charge in [0, 0.05) is 54.3 Å². The van der Waals surface area contributed by atoms with Crippen LogP contribution >= 0.6 is 23.2 Å². The molecule has 29 heavy (non-hydrogen) atoms. The summed E-state index contributed by atoms with van der Waals surface area (Å²) in [5.74, 6) is 0.691. The van der Waals surface area contributed by atoms with Crippen LogP contribution in [0.3, 0.4) is 0 Å². The van der Waals surface area contributed by atoms with E-state index in [1.165, 1.54) is 5.69 Å². The highest BCUT2D eigenvalue weighted by Gasteiger charge is 2.29. The lowest BCUT2D eigenvalue weighted by Gasteiger charge is -2.37. The second kappa shape index (κ2) is 7.94. The van der Waals surface area contributed by atoms with Crippen LogP contribution < -0.4 is 9.80 Å². The van der Waals surface area contributed by atoms with Gasteiger partial charge in [-0.1, -0.05) is 59.6 Å². The number of hydrogen-bond acceptors (Lipinski definition) is 4. The maximum Gasteiger partial charge on any atom is 0.192 e. The lowest BCUT2D eigenvalue weighted by atomic mass is 10.1. The number of rotatable bonds is 4. The first-order valence-corrected chi connectivity index (χ1v) is 11.9. The summed E-state index contributed by atoms with van der Waals surface area (Å²) in [6.07, 6.45) is 1.15. The highest BCUT2D eigenvalue weighted by Crippen LogP contribution is 2.44. The van der Waals surface area contributed by atoms with E-state index in [1.807, 2.05) is 36.4 Å². The number of para-hydroxylation sites is 1. The minimum Gasteiger partial charge on any atom is -0.368 e. The molecule has 152 valence electrons. The van der Waals surface area contributed by atoms with Crippen molar-refractivity contribution in [2.45, 2.75) is 5.03 Å². The molecular formula is C21H21Cl2N3O2S. The van der Waals surface area contributed by atoms with Gasteiger partial charge in [-0.15, -0.1) is 0 Å². The lowest BCUT2D eigenvalue weighted by Crippen LogP contribution is -2.46. The van der Waals surface area contributed by atoms with Gasteiger partial charge in [-0.2, -0.15) is 0 Å². The monoisotopic (exact) mass is 449 g/mol. The van der Waals surface area contributed by atoms with E-state index in [2.05, 4.69) is 26.9 Å². The van der Waals surface area contributed by atoms with E-state index in [1.54, 1.807) is 6.07 Å². The molecule has 1 saturated heterocycles. The number of aromatic nitrogens is 1. The van der Waals surface area contributed by atoms with Crippen molar-refractivity contribution in [1.29, 1.82) is 0 Å². The van der Waals surface area contributed by atoms with Crippen molar-refractivity contribution in [2.75, 3.05) is 42.2 Å². The summed E-state index contributed by atoms with van der Waals surface area (Å²) in [6.45, 7) is 3.09.